The topological polar surface area (TPSA) is 91.8 Å². The Morgan fingerprint density at radius 3 is 2.70 bits per heavy atom. The van der Waals surface area contributed by atoms with Gasteiger partial charge in [-0.2, -0.15) is 17.5 Å². The van der Waals surface area contributed by atoms with Gasteiger partial charge in [-0.15, -0.1) is 0 Å². The van der Waals surface area contributed by atoms with E-state index in [9.17, 15) is 26.4 Å². The number of halogens is 3. The Balaban J connectivity index is 1.56. The summed E-state index contributed by atoms with van der Waals surface area (Å²) in [5.74, 6) is -1.31. The van der Waals surface area contributed by atoms with E-state index >= 15 is 0 Å². The van der Waals surface area contributed by atoms with Crippen LogP contribution >= 0.6 is 0 Å². The van der Waals surface area contributed by atoms with Crippen LogP contribution in [0, 0.1) is 5.92 Å². The monoisotopic (exact) mass is 450 g/mol. The molecule has 1 unspecified atom stereocenters. The first-order valence-electron chi connectivity index (χ1n) is 9.79. The van der Waals surface area contributed by atoms with Crippen LogP contribution in [0.15, 0.2) is 18.3 Å². The average Bonchev–Trinajstić information content (AvgIpc) is 2.73. The van der Waals surface area contributed by atoms with Crippen molar-refractivity contribution in [2.75, 3.05) is 56.6 Å². The van der Waals surface area contributed by atoms with Gasteiger partial charge in [-0.05, 0) is 25.0 Å². The fourth-order valence-electron chi connectivity index (χ4n) is 3.66. The standard InChI is InChI=1S/C18H25F3N4O4S/c19-18(20,21)15-4-1-5-22-16(15)24-7-2-3-14(13-24)17(26)23-6-12-30(27,28)25-8-10-29-11-9-25/h1,4-5,14H,2-3,6-13H2,(H,23,26). The molecule has 0 aromatic carbocycles. The molecule has 2 aliphatic rings. The van der Waals surface area contributed by atoms with Crippen molar-refractivity contribution < 1.29 is 31.1 Å². The van der Waals surface area contributed by atoms with Gasteiger partial charge in [-0.3, -0.25) is 4.79 Å². The molecule has 0 saturated carbocycles. The van der Waals surface area contributed by atoms with E-state index in [-0.39, 0.29) is 30.6 Å². The molecule has 168 valence electrons. The lowest BCUT2D eigenvalue weighted by molar-refractivity contribution is -0.137. The highest BCUT2D eigenvalue weighted by atomic mass is 32.2. The number of rotatable bonds is 6. The van der Waals surface area contributed by atoms with E-state index in [1.54, 1.807) is 0 Å². The molecule has 8 nitrogen and oxygen atoms in total. The Bertz CT molecular complexity index is 844. The quantitative estimate of drug-likeness (QED) is 0.698. The lowest BCUT2D eigenvalue weighted by Gasteiger charge is -2.34. The molecule has 12 heteroatoms. The van der Waals surface area contributed by atoms with Gasteiger partial charge in [0.15, 0.2) is 0 Å². The van der Waals surface area contributed by atoms with Gasteiger partial charge in [0, 0.05) is 38.9 Å². The Labute approximate surface area is 173 Å². The zero-order valence-corrected chi connectivity index (χ0v) is 17.2. The average molecular weight is 450 g/mol. The van der Waals surface area contributed by atoms with Crippen LogP contribution in [0.2, 0.25) is 0 Å². The number of hydrogen-bond donors (Lipinski definition) is 1. The number of hydrogen-bond acceptors (Lipinski definition) is 6. The molecule has 1 amide bonds. The molecular formula is C18H25F3N4O4S. The Hall–Kier alpha value is -1.92. The maximum atomic E-state index is 13.3. The van der Waals surface area contributed by atoms with Crippen LogP contribution in [0.25, 0.3) is 0 Å². The molecule has 2 saturated heterocycles. The van der Waals surface area contributed by atoms with Crippen molar-refractivity contribution in [1.82, 2.24) is 14.6 Å². The molecule has 0 aliphatic carbocycles. The van der Waals surface area contributed by atoms with Crippen LogP contribution in [0.1, 0.15) is 18.4 Å². The van der Waals surface area contributed by atoms with E-state index in [2.05, 4.69) is 10.3 Å². The first-order chi connectivity index (χ1) is 14.2. The first kappa shape index (κ1) is 22.8. The summed E-state index contributed by atoms with van der Waals surface area (Å²) in [7, 11) is -3.49. The first-order valence-corrected chi connectivity index (χ1v) is 11.4. The normalized spacial score (nSPS) is 21.4. The summed E-state index contributed by atoms with van der Waals surface area (Å²) >= 11 is 0. The Kier molecular flexibility index (Phi) is 7.19. The third-order valence-electron chi connectivity index (χ3n) is 5.21. The third kappa shape index (κ3) is 5.61. The van der Waals surface area contributed by atoms with E-state index in [0.29, 0.717) is 45.7 Å². The summed E-state index contributed by atoms with van der Waals surface area (Å²) in [5, 5.41) is 2.62. The second kappa shape index (κ2) is 9.48. The predicted molar refractivity (Wildman–Crippen MR) is 103 cm³/mol. The molecule has 1 N–H and O–H groups in total. The number of carbonyl (C=O) groups is 1. The van der Waals surface area contributed by atoms with E-state index in [0.717, 1.165) is 6.07 Å². The Morgan fingerprint density at radius 2 is 2.00 bits per heavy atom. The van der Waals surface area contributed by atoms with E-state index in [1.807, 2.05) is 0 Å². The number of sulfonamides is 1. The highest BCUT2D eigenvalue weighted by Crippen LogP contribution is 2.36. The SMILES string of the molecule is O=C(NCCS(=O)(=O)N1CCOCC1)C1CCCN(c2ncccc2C(F)(F)F)C1. The fourth-order valence-corrected chi connectivity index (χ4v) is 4.98. The van der Waals surface area contributed by atoms with Crippen LogP contribution in [0.3, 0.4) is 0 Å². The van der Waals surface area contributed by atoms with E-state index in [1.165, 1.54) is 21.5 Å². The van der Waals surface area contributed by atoms with E-state index in [4.69, 9.17) is 4.74 Å². The van der Waals surface area contributed by atoms with Crippen molar-refractivity contribution in [2.24, 2.45) is 5.92 Å². The fraction of sp³-hybridized carbons (Fsp3) is 0.667. The Morgan fingerprint density at radius 1 is 1.27 bits per heavy atom. The minimum absolute atomic E-state index is 0.0492. The van der Waals surface area contributed by atoms with Crippen LogP contribution in [0.5, 0.6) is 0 Å². The van der Waals surface area contributed by atoms with Gasteiger partial charge in [0.1, 0.15) is 5.82 Å². The lowest BCUT2D eigenvalue weighted by Crippen LogP contribution is -2.46. The van der Waals surface area contributed by atoms with Gasteiger partial charge in [0.25, 0.3) is 0 Å². The summed E-state index contributed by atoms with van der Waals surface area (Å²) in [6, 6.07) is 2.21. The zero-order valence-electron chi connectivity index (χ0n) is 16.4. The zero-order chi connectivity index (χ0) is 21.8. The molecular weight excluding hydrogens is 425 g/mol. The predicted octanol–water partition coefficient (Wildman–Crippen LogP) is 1.10. The molecule has 1 aromatic heterocycles. The second-order valence-corrected chi connectivity index (χ2v) is 9.36. The lowest BCUT2D eigenvalue weighted by atomic mass is 9.96. The molecule has 3 rings (SSSR count). The summed E-state index contributed by atoms with van der Waals surface area (Å²) < 4.78 is 70.9. The number of nitrogens with zero attached hydrogens (tertiary/aromatic N) is 3. The molecule has 2 fully saturated rings. The molecule has 1 aromatic rings. The summed E-state index contributed by atoms with van der Waals surface area (Å²) in [6.07, 6.45) is -2.18. The number of nitrogens with one attached hydrogen (secondary N) is 1. The summed E-state index contributed by atoms with van der Waals surface area (Å²) in [5.41, 5.74) is -0.831. The maximum Gasteiger partial charge on any atom is 0.419 e. The van der Waals surface area contributed by atoms with Crippen LogP contribution in [0.4, 0.5) is 19.0 Å². The van der Waals surface area contributed by atoms with Crippen LogP contribution < -0.4 is 10.2 Å². The van der Waals surface area contributed by atoms with Gasteiger partial charge in [0.05, 0.1) is 30.4 Å². The van der Waals surface area contributed by atoms with Crippen molar-refractivity contribution in [3.8, 4) is 0 Å². The van der Waals surface area contributed by atoms with Crippen molar-refractivity contribution in [2.45, 2.75) is 19.0 Å². The van der Waals surface area contributed by atoms with Crippen LogP contribution in [-0.4, -0.2) is 75.3 Å². The van der Waals surface area contributed by atoms with Crippen molar-refractivity contribution in [1.29, 1.82) is 0 Å². The third-order valence-corrected chi connectivity index (χ3v) is 7.08. The molecule has 2 aliphatic heterocycles. The van der Waals surface area contributed by atoms with Crippen molar-refractivity contribution >= 4 is 21.7 Å². The highest BCUT2D eigenvalue weighted by Gasteiger charge is 2.37. The number of aromatic nitrogens is 1. The summed E-state index contributed by atoms with van der Waals surface area (Å²) in [6.45, 7) is 1.69. The number of piperidine rings is 1. The van der Waals surface area contributed by atoms with Gasteiger partial charge in [-0.1, -0.05) is 0 Å². The molecule has 0 radical (unpaired) electrons. The van der Waals surface area contributed by atoms with Crippen molar-refractivity contribution in [3.05, 3.63) is 23.9 Å². The number of anilines is 1. The number of amides is 1. The number of ether oxygens (including phenoxy) is 1. The highest BCUT2D eigenvalue weighted by molar-refractivity contribution is 7.89. The number of alkyl halides is 3. The van der Waals surface area contributed by atoms with Gasteiger partial charge in [0.2, 0.25) is 15.9 Å². The minimum atomic E-state index is -4.54. The molecule has 0 bridgehead atoms. The number of morpholine rings is 1. The molecule has 0 spiro atoms. The van der Waals surface area contributed by atoms with Crippen LogP contribution in [-0.2, 0) is 25.7 Å². The van der Waals surface area contributed by atoms with Gasteiger partial charge in [-0.25, -0.2) is 13.4 Å². The number of pyridine rings is 1. The van der Waals surface area contributed by atoms with Crippen molar-refractivity contribution in [3.63, 3.8) is 0 Å². The molecule has 30 heavy (non-hydrogen) atoms. The van der Waals surface area contributed by atoms with E-state index < -0.39 is 27.7 Å². The minimum Gasteiger partial charge on any atom is -0.379 e. The number of carbonyl (C=O) groups excluding carboxylic acids is 1. The smallest absolute Gasteiger partial charge is 0.379 e. The second-order valence-electron chi connectivity index (χ2n) is 7.28. The van der Waals surface area contributed by atoms with Gasteiger partial charge < -0.3 is 15.0 Å². The maximum absolute atomic E-state index is 13.3. The largest absolute Gasteiger partial charge is 0.419 e. The molecule has 3 heterocycles. The molecule has 1 atom stereocenters. The van der Waals surface area contributed by atoms with Gasteiger partial charge >= 0.3 is 6.18 Å². The summed E-state index contributed by atoms with van der Waals surface area (Å²) in [4.78, 5) is 17.9.